The third-order valence-corrected chi connectivity index (χ3v) is 1.54. The summed E-state index contributed by atoms with van der Waals surface area (Å²) in [5.41, 5.74) is 1.53. The maximum atomic E-state index is 7.62. The standard InChI is InChI=1S/C12H17N/c1-4-6-8-9-11(3)12(13)10-7-5-2/h4,6-10,13H,1,5H2,2-3H3/b8-6-,10-7-,11-9+,13-12?. The van der Waals surface area contributed by atoms with Crippen molar-refractivity contribution < 1.29 is 0 Å². The molecule has 0 aromatic rings. The third-order valence-electron chi connectivity index (χ3n) is 1.54. The summed E-state index contributed by atoms with van der Waals surface area (Å²) < 4.78 is 0. The number of rotatable bonds is 5. The van der Waals surface area contributed by atoms with Crippen LogP contribution in [-0.2, 0) is 0 Å². The summed E-state index contributed by atoms with van der Waals surface area (Å²) in [6.07, 6.45) is 12.1. The van der Waals surface area contributed by atoms with Crippen molar-refractivity contribution in [3.8, 4) is 0 Å². The van der Waals surface area contributed by atoms with Crippen LogP contribution in [0.4, 0.5) is 0 Å². The molecule has 0 aromatic carbocycles. The Kier molecular flexibility index (Phi) is 6.52. The molecule has 70 valence electrons. The Hall–Kier alpha value is -1.37. The summed E-state index contributed by atoms with van der Waals surface area (Å²) in [6.45, 7) is 7.55. The van der Waals surface area contributed by atoms with E-state index in [1.165, 1.54) is 0 Å². The first-order valence-corrected chi connectivity index (χ1v) is 4.43. The first kappa shape index (κ1) is 11.6. The van der Waals surface area contributed by atoms with Crippen molar-refractivity contribution in [3.05, 3.63) is 48.6 Å². The highest BCUT2D eigenvalue weighted by Crippen LogP contribution is 1.98. The van der Waals surface area contributed by atoms with E-state index in [4.69, 9.17) is 5.41 Å². The SMILES string of the molecule is C=C/C=C\C=C(/C)C(=N)/C=C\CC. The molecule has 0 bridgehead atoms. The van der Waals surface area contributed by atoms with Gasteiger partial charge in [-0.2, -0.15) is 0 Å². The van der Waals surface area contributed by atoms with Gasteiger partial charge in [-0.25, -0.2) is 0 Å². The summed E-state index contributed by atoms with van der Waals surface area (Å²) in [4.78, 5) is 0. The van der Waals surface area contributed by atoms with Crippen LogP contribution < -0.4 is 0 Å². The lowest BCUT2D eigenvalue weighted by Crippen LogP contribution is -1.91. The maximum Gasteiger partial charge on any atom is 0.0565 e. The van der Waals surface area contributed by atoms with E-state index in [9.17, 15) is 0 Å². The molecule has 0 atom stereocenters. The molecule has 0 fully saturated rings. The average Bonchev–Trinajstić information content (AvgIpc) is 2.14. The minimum Gasteiger partial charge on any atom is -0.301 e. The minimum atomic E-state index is 0.565. The molecular weight excluding hydrogens is 158 g/mol. The van der Waals surface area contributed by atoms with E-state index >= 15 is 0 Å². The molecule has 0 rings (SSSR count). The van der Waals surface area contributed by atoms with E-state index in [1.54, 1.807) is 6.08 Å². The molecule has 1 N–H and O–H groups in total. The molecule has 0 unspecified atom stereocenters. The van der Waals surface area contributed by atoms with Gasteiger partial charge in [0.15, 0.2) is 0 Å². The summed E-state index contributed by atoms with van der Waals surface area (Å²) in [5.74, 6) is 0. The molecule has 0 aliphatic carbocycles. The number of nitrogens with one attached hydrogen (secondary N) is 1. The first-order valence-electron chi connectivity index (χ1n) is 4.43. The second-order valence-electron chi connectivity index (χ2n) is 2.69. The van der Waals surface area contributed by atoms with Gasteiger partial charge in [0.2, 0.25) is 0 Å². The second kappa shape index (κ2) is 7.29. The summed E-state index contributed by atoms with van der Waals surface area (Å²) in [7, 11) is 0. The first-order chi connectivity index (χ1) is 6.22. The highest BCUT2D eigenvalue weighted by Gasteiger charge is 1.90. The Labute approximate surface area is 80.7 Å². The van der Waals surface area contributed by atoms with Gasteiger partial charge in [0.1, 0.15) is 0 Å². The quantitative estimate of drug-likeness (QED) is 0.487. The fraction of sp³-hybridized carbons (Fsp3) is 0.250. The van der Waals surface area contributed by atoms with Gasteiger partial charge in [0.05, 0.1) is 5.71 Å². The van der Waals surface area contributed by atoms with Crippen LogP contribution in [0.5, 0.6) is 0 Å². The van der Waals surface area contributed by atoms with Gasteiger partial charge in [-0.15, -0.1) is 0 Å². The Balaban J connectivity index is 4.24. The summed E-state index contributed by atoms with van der Waals surface area (Å²) >= 11 is 0. The van der Waals surface area contributed by atoms with Crippen molar-refractivity contribution in [2.45, 2.75) is 20.3 Å². The van der Waals surface area contributed by atoms with Gasteiger partial charge < -0.3 is 5.41 Å². The van der Waals surface area contributed by atoms with Gasteiger partial charge >= 0.3 is 0 Å². The van der Waals surface area contributed by atoms with E-state index in [2.05, 4.69) is 13.5 Å². The Morgan fingerprint density at radius 1 is 1.38 bits per heavy atom. The van der Waals surface area contributed by atoms with E-state index in [0.29, 0.717) is 5.71 Å². The molecule has 0 saturated carbocycles. The Morgan fingerprint density at radius 3 is 2.62 bits per heavy atom. The molecule has 1 nitrogen and oxygen atoms in total. The molecule has 0 saturated heterocycles. The van der Waals surface area contributed by atoms with Gasteiger partial charge in [0, 0.05) is 0 Å². The maximum absolute atomic E-state index is 7.62. The summed E-state index contributed by atoms with van der Waals surface area (Å²) in [5, 5.41) is 7.62. The zero-order chi connectivity index (χ0) is 10.1. The van der Waals surface area contributed by atoms with Gasteiger partial charge in [-0.3, -0.25) is 0 Å². The molecule has 0 amide bonds. The van der Waals surface area contributed by atoms with Crippen molar-refractivity contribution in [2.75, 3.05) is 0 Å². The molecule has 0 aliphatic heterocycles. The number of allylic oxidation sites excluding steroid dienone is 7. The molecular formula is C12H17N. The smallest absolute Gasteiger partial charge is 0.0565 e. The topological polar surface area (TPSA) is 23.9 Å². The molecule has 13 heavy (non-hydrogen) atoms. The van der Waals surface area contributed by atoms with Crippen LogP contribution in [0.3, 0.4) is 0 Å². The predicted molar refractivity (Wildman–Crippen MR) is 60.3 cm³/mol. The number of hydrogen-bond acceptors (Lipinski definition) is 1. The van der Waals surface area contributed by atoms with E-state index in [0.717, 1.165) is 12.0 Å². The third kappa shape index (κ3) is 5.85. The predicted octanol–water partition coefficient (Wildman–Crippen LogP) is 3.66. The van der Waals surface area contributed by atoms with Crippen molar-refractivity contribution in [1.29, 1.82) is 5.41 Å². The fourth-order valence-electron chi connectivity index (χ4n) is 0.735. The molecule has 0 radical (unpaired) electrons. The lowest BCUT2D eigenvalue weighted by molar-refractivity contribution is 1.22. The largest absolute Gasteiger partial charge is 0.301 e. The van der Waals surface area contributed by atoms with Crippen LogP contribution in [0.2, 0.25) is 0 Å². The van der Waals surface area contributed by atoms with Crippen molar-refractivity contribution >= 4 is 5.71 Å². The van der Waals surface area contributed by atoms with Crippen LogP contribution in [0, 0.1) is 5.41 Å². The van der Waals surface area contributed by atoms with Crippen LogP contribution in [-0.4, -0.2) is 5.71 Å². The van der Waals surface area contributed by atoms with Crippen LogP contribution in [0.15, 0.2) is 48.6 Å². The van der Waals surface area contributed by atoms with Crippen molar-refractivity contribution in [1.82, 2.24) is 0 Å². The normalized spacial score (nSPS) is 12.6. The van der Waals surface area contributed by atoms with Gasteiger partial charge in [0.25, 0.3) is 0 Å². The minimum absolute atomic E-state index is 0.565. The van der Waals surface area contributed by atoms with E-state index in [-0.39, 0.29) is 0 Å². The second-order valence-corrected chi connectivity index (χ2v) is 2.69. The van der Waals surface area contributed by atoms with Gasteiger partial charge in [-0.1, -0.05) is 43.9 Å². The molecule has 0 heterocycles. The lowest BCUT2D eigenvalue weighted by atomic mass is 10.1. The van der Waals surface area contributed by atoms with Crippen LogP contribution >= 0.6 is 0 Å². The molecule has 0 spiro atoms. The van der Waals surface area contributed by atoms with Crippen LogP contribution in [0.25, 0.3) is 0 Å². The van der Waals surface area contributed by atoms with Crippen molar-refractivity contribution in [2.24, 2.45) is 0 Å². The zero-order valence-corrected chi connectivity index (χ0v) is 8.38. The van der Waals surface area contributed by atoms with E-state index in [1.807, 2.05) is 37.3 Å². The van der Waals surface area contributed by atoms with Gasteiger partial charge in [-0.05, 0) is 25.0 Å². The highest BCUT2D eigenvalue weighted by atomic mass is 14.4. The average molecular weight is 175 g/mol. The molecule has 0 aromatic heterocycles. The summed E-state index contributed by atoms with van der Waals surface area (Å²) in [6, 6.07) is 0. The Morgan fingerprint density at radius 2 is 2.08 bits per heavy atom. The Bertz CT molecular complexity index is 254. The highest BCUT2D eigenvalue weighted by molar-refractivity contribution is 6.05. The molecule has 0 aliphatic rings. The molecule has 1 heteroatoms. The lowest BCUT2D eigenvalue weighted by Gasteiger charge is -1.94. The van der Waals surface area contributed by atoms with Crippen molar-refractivity contribution in [3.63, 3.8) is 0 Å². The van der Waals surface area contributed by atoms with E-state index < -0.39 is 0 Å². The van der Waals surface area contributed by atoms with Crippen LogP contribution in [0.1, 0.15) is 20.3 Å². The zero-order valence-electron chi connectivity index (χ0n) is 8.38. The monoisotopic (exact) mass is 175 g/mol. The fourth-order valence-corrected chi connectivity index (χ4v) is 0.735. The number of hydrogen-bond donors (Lipinski definition) is 1.